The van der Waals surface area contributed by atoms with Crippen LogP contribution in [-0.4, -0.2) is 57.9 Å². The van der Waals surface area contributed by atoms with Crippen LogP contribution in [0.15, 0.2) is 24.5 Å². The average molecular weight is 465 g/mol. The second-order valence-electron chi connectivity index (χ2n) is 11.2. The molecular weight excluding hydrogens is 428 g/mol. The van der Waals surface area contributed by atoms with E-state index in [-0.39, 0.29) is 18.1 Å². The van der Waals surface area contributed by atoms with Crippen LogP contribution in [0.2, 0.25) is 0 Å². The average Bonchev–Trinajstić information content (AvgIpc) is 3.32. The van der Waals surface area contributed by atoms with Crippen LogP contribution in [0.5, 0.6) is 0 Å². The first kappa shape index (κ1) is 23.1. The topological polar surface area (TPSA) is 78.8 Å². The minimum Gasteiger partial charge on any atom is -0.444 e. The summed E-state index contributed by atoms with van der Waals surface area (Å²) in [5, 5.41) is 9.54. The molecule has 1 saturated heterocycles. The molecule has 2 aliphatic heterocycles. The lowest BCUT2D eigenvalue weighted by atomic mass is 9.74. The number of ether oxygens (including phenoxy) is 1. The fraction of sp³-hybridized carbons (Fsp3) is 0.593. The summed E-state index contributed by atoms with van der Waals surface area (Å²) < 4.78 is 5.63. The third kappa shape index (κ3) is 4.04. The van der Waals surface area contributed by atoms with Crippen molar-refractivity contribution in [3.8, 4) is 0 Å². The van der Waals surface area contributed by atoms with Crippen LogP contribution in [0.4, 0.5) is 16.3 Å². The van der Waals surface area contributed by atoms with Gasteiger partial charge in [-0.3, -0.25) is 0 Å². The van der Waals surface area contributed by atoms with Gasteiger partial charge in [-0.25, -0.2) is 14.8 Å². The molecule has 7 nitrogen and oxygen atoms in total. The molecular formula is C27H36N4O3. The van der Waals surface area contributed by atoms with Gasteiger partial charge in [-0.05, 0) is 76.0 Å². The molecule has 1 unspecified atom stereocenters. The van der Waals surface area contributed by atoms with Crippen LogP contribution in [0.3, 0.4) is 0 Å². The summed E-state index contributed by atoms with van der Waals surface area (Å²) in [6.45, 7) is 10.3. The third-order valence-corrected chi connectivity index (χ3v) is 7.66. The molecule has 3 heterocycles. The second-order valence-corrected chi connectivity index (χ2v) is 11.2. The summed E-state index contributed by atoms with van der Waals surface area (Å²) in [5.74, 6) is 1.49. The normalized spacial score (nSPS) is 21.0. The Bertz CT molecular complexity index is 1090. The van der Waals surface area contributed by atoms with Crippen LogP contribution in [0.1, 0.15) is 75.3 Å². The van der Waals surface area contributed by atoms with Crippen molar-refractivity contribution in [2.75, 3.05) is 31.1 Å². The molecule has 1 aromatic carbocycles. The van der Waals surface area contributed by atoms with Crippen molar-refractivity contribution in [3.05, 3.63) is 46.9 Å². The van der Waals surface area contributed by atoms with Crippen molar-refractivity contribution in [2.24, 2.45) is 0 Å². The van der Waals surface area contributed by atoms with E-state index in [0.29, 0.717) is 25.4 Å². The summed E-state index contributed by atoms with van der Waals surface area (Å²) in [4.78, 5) is 26.3. The number of aliphatic hydroxyl groups excluding tert-OH is 1. The van der Waals surface area contributed by atoms with E-state index in [2.05, 4.69) is 35.0 Å². The number of hydrogen-bond donors (Lipinski definition) is 1. The van der Waals surface area contributed by atoms with Gasteiger partial charge in [0.15, 0.2) is 0 Å². The van der Waals surface area contributed by atoms with E-state index in [9.17, 15) is 9.90 Å². The van der Waals surface area contributed by atoms with Gasteiger partial charge in [-0.15, -0.1) is 0 Å². The first-order valence-corrected chi connectivity index (χ1v) is 12.5. The number of benzene rings is 1. The minimum absolute atomic E-state index is 0.0566. The highest BCUT2D eigenvalue weighted by Crippen LogP contribution is 2.51. The van der Waals surface area contributed by atoms with E-state index < -0.39 is 5.60 Å². The maximum Gasteiger partial charge on any atom is 0.410 e. The second kappa shape index (κ2) is 8.52. The monoisotopic (exact) mass is 464 g/mol. The van der Waals surface area contributed by atoms with Gasteiger partial charge >= 0.3 is 6.09 Å². The van der Waals surface area contributed by atoms with Crippen molar-refractivity contribution >= 4 is 17.6 Å². The van der Waals surface area contributed by atoms with Gasteiger partial charge in [-0.1, -0.05) is 19.1 Å². The van der Waals surface area contributed by atoms with Gasteiger partial charge in [0.25, 0.3) is 0 Å². The van der Waals surface area contributed by atoms with E-state index in [1.807, 2.05) is 25.7 Å². The number of anilines is 2. The molecule has 182 valence electrons. The molecule has 1 N–H and O–H groups in total. The number of carbonyl (C=O) groups excluding carboxylic acids is 1. The zero-order chi connectivity index (χ0) is 24.1. The maximum absolute atomic E-state index is 12.7. The van der Waals surface area contributed by atoms with Crippen LogP contribution < -0.4 is 4.90 Å². The number of amides is 1. The van der Waals surface area contributed by atoms with Crippen LogP contribution in [0.25, 0.3) is 0 Å². The van der Waals surface area contributed by atoms with E-state index in [0.717, 1.165) is 43.6 Å². The molecule has 1 aliphatic carbocycles. The molecule has 3 aliphatic rings. The Morgan fingerprint density at radius 3 is 2.71 bits per heavy atom. The number of piperidine rings is 1. The predicted octanol–water partition coefficient (Wildman–Crippen LogP) is 4.48. The van der Waals surface area contributed by atoms with Gasteiger partial charge in [0.05, 0.1) is 0 Å². The summed E-state index contributed by atoms with van der Waals surface area (Å²) in [6, 6.07) is 6.60. The molecule has 1 amide bonds. The highest BCUT2D eigenvalue weighted by Gasteiger charge is 2.47. The number of carbonyl (C=O) groups is 1. The third-order valence-electron chi connectivity index (χ3n) is 7.66. The van der Waals surface area contributed by atoms with Crippen molar-refractivity contribution in [2.45, 2.75) is 76.7 Å². The van der Waals surface area contributed by atoms with Gasteiger partial charge in [-0.2, -0.15) is 0 Å². The molecule has 1 atom stereocenters. The van der Waals surface area contributed by atoms with E-state index >= 15 is 0 Å². The van der Waals surface area contributed by atoms with Crippen LogP contribution in [0, 0.1) is 0 Å². The molecule has 7 heteroatoms. The molecule has 1 fully saturated rings. The highest BCUT2D eigenvalue weighted by atomic mass is 16.6. The number of fused-ring (bicyclic) bond motifs is 3. The molecule has 0 bridgehead atoms. The largest absolute Gasteiger partial charge is 0.444 e. The summed E-state index contributed by atoms with van der Waals surface area (Å²) >= 11 is 0. The molecule has 2 aromatic rings. The Kier molecular flexibility index (Phi) is 5.79. The molecule has 34 heavy (non-hydrogen) atoms. The minimum atomic E-state index is -0.494. The first-order chi connectivity index (χ1) is 16.2. The van der Waals surface area contributed by atoms with Gasteiger partial charge in [0.2, 0.25) is 0 Å². The van der Waals surface area contributed by atoms with Crippen LogP contribution in [-0.2, 0) is 23.0 Å². The Hall–Kier alpha value is -2.67. The molecule has 0 saturated carbocycles. The van der Waals surface area contributed by atoms with Gasteiger partial charge in [0.1, 0.15) is 17.7 Å². The summed E-state index contributed by atoms with van der Waals surface area (Å²) in [6.07, 6.45) is 6.01. The molecule has 0 radical (unpaired) electrons. The SMILES string of the molecule is CC1CCc2ncnc(N3CC4(CCN(C(=O)OC(C)(C)C)CC4)c4cc(CCO)ccc43)c21. The number of hydrogen-bond acceptors (Lipinski definition) is 6. The molecule has 1 aromatic heterocycles. The quantitative estimate of drug-likeness (QED) is 0.722. The number of rotatable bonds is 3. The Morgan fingerprint density at radius 2 is 2.00 bits per heavy atom. The Balaban J connectivity index is 1.48. The standard InChI is InChI=1S/C27H36N4O3/c1-18-5-7-21-23(18)24(29-17-28-21)31-16-27(20-15-19(9-14-32)6-8-22(20)31)10-12-30(13-11-27)25(33)34-26(2,3)4/h6,8,15,17-18,32H,5,7,9-14,16H2,1-4H3. The van der Waals surface area contributed by atoms with E-state index in [1.54, 1.807) is 6.33 Å². The lowest BCUT2D eigenvalue weighted by molar-refractivity contribution is 0.0171. The fourth-order valence-corrected chi connectivity index (χ4v) is 5.90. The Labute approximate surface area is 202 Å². The van der Waals surface area contributed by atoms with Crippen LogP contribution >= 0.6 is 0 Å². The lowest BCUT2D eigenvalue weighted by Gasteiger charge is -2.40. The van der Waals surface area contributed by atoms with Crippen molar-refractivity contribution in [3.63, 3.8) is 0 Å². The Morgan fingerprint density at radius 1 is 1.24 bits per heavy atom. The van der Waals surface area contributed by atoms with Crippen molar-refractivity contribution in [1.82, 2.24) is 14.9 Å². The number of aryl methyl sites for hydroxylation is 1. The highest BCUT2D eigenvalue weighted by molar-refractivity contribution is 5.74. The summed E-state index contributed by atoms with van der Waals surface area (Å²) in [5.41, 5.74) is 5.59. The fourth-order valence-electron chi connectivity index (χ4n) is 5.90. The van der Waals surface area contributed by atoms with E-state index in [4.69, 9.17) is 9.72 Å². The first-order valence-electron chi connectivity index (χ1n) is 12.5. The van der Waals surface area contributed by atoms with E-state index in [1.165, 1.54) is 22.5 Å². The maximum atomic E-state index is 12.7. The number of aliphatic hydroxyl groups is 1. The smallest absolute Gasteiger partial charge is 0.410 e. The molecule has 5 rings (SSSR count). The zero-order valence-electron chi connectivity index (χ0n) is 20.8. The van der Waals surface area contributed by atoms with Crippen molar-refractivity contribution in [1.29, 1.82) is 0 Å². The number of aromatic nitrogens is 2. The zero-order valence-corrected chi connectivity index (χ0v) is 20.8. The predicted molar refractivity (Wildman–Crippen MR) is 132 cm³/mol. The lowest BCUT2D eigenvalue weighted by Crippen LogP contribution is -2.48. The molecule has 1 spiro atoms. The van der Waals surface area contributed by atoms with Gasteiger partial charge < -0.3 is 19.6 Å². The van der Waals surface area contributed by atoms with Crippen molar-refractivity contribution < 1.29 is 14.6 Å². The number of likely N-dealkylation sites (tertiary alicyclic amines) is 1. The van der Waals surface area contributed by atoms with Gasteiger partial charge in [0, 0.05) is 48.6 Å². The summed E-state index contributed by atoms with van der Waals surface area (Å²) in [7, 11) is 0. The number of nitrogens with zero attached hydrogens (tertiary/aromatic N) is 4.